The third-order valence-electron chi connectivity index (χ3n) is 3.33. The van der Waals surface area contributed by atoms with E-state index in [4.69, 9.17) is 9.15 Å². The highest BCUT2D eigenvalue weighted by atomic mass is 16.6. The van der Waals surface area contributed by atoms with E-state index >= 15 is 0 Å². The van der Waals surface area contributed by atoms with Gasteiger partial charge in [0.1, 0.15) is 5.58 Å². The molecule has 0 radical (unpaired) electrons. The van der Waals surface area contributed by atoms with Gasteiger partial charge in [-0.3, -0.25) is 10.1 Å². The molecule has 1 aromatic heterocycles. The van der Waals surface area contributed by atoms with Crippen molar-refractivity contribution in [3.05, 3.63) is 69.1 Å². The van der Waals surface area contributed by atoms with E-state index in [1.807, 2.05) is 6.07 Å². The lowest BCUT2D eigenvalue weighted by molar-refractivity contribution is -0.385. The van der Waals surface area contributed by atoms with Gasteiger partial charge in [0.05, 0.1) is 17.6 Å². The van der Waals surface area contributed by atoms with Crippen molar-refractivity contribution in [3.63, 3.8) is 0 Å². The lowest BCUT2D eigenvalue weighted by atomic mass is 10.0. The van der Waals surface area contributed by atoms with Gasteiger partial charge in [0, 0.05) is 11.5 Å². The third-order valence-corrected chi connectivity index (χ3v) is 3.33. The smallest absolute Gasteiger partial charge is 0.344 e. The maximum absolute atomic E-state index is 12.1. The Morgan fingerprint density at radius 1 is 1.14 bits per heavy atom. The van der Waals surface area contributed by atoms with E-state index in [2.05, 4.69) is 0 Å². The number of ether oxygens (including phenoxy) is 1. The van der Waals surface area contributed by atoms with Crippen LogP contribution in [0.1, 0.15) is 0 Å². The molecule has 0 aliphatic heterocycles. The van der Waals surface area contributed by atoms with Crippen molar-refractivity contribution >= 4 is 16.7 Å². The van der Waals surface area contributed by atoms with Crippen LogP contribution in [0, 0.1) is 10.1 Å². The molecule has 2 aromatic carbocycles. The Kier molecular flexibility index (Phi) is 3.34. The number of nitro groups is 1. The normalized spacial score (nSPS) is 10.6. The highest BCUT2D eigenvalue weighted by Gasteiger charge is 2.17. The van der Waals surface area contributed by atoms with Crippen molar-refractivity contribution < 1.29 is 14.1 Å². The van der Waals surface area contributed by atoms with Crippen molar-refractivity contribution in [1.29, 1.82) is 0 Å². The molecule has 3 rings (SSSR count). The number of nitrogens with zero attached hydrogens (tertiary/aromatic N) is 1. The molecule has 0 saturated heterocycles. The number of nitro benzene ring substituents is 1. The van der Waals surface area contributed by atoms with E-state index in [1.165, 1.54) is 19.2 Å². The predicted molar refractivity (Wildman–Crippen MR) is 81.1 cm³/mol. The van der Waals surface area contributed by atoms with E-state index in [9.17, 15) is 14.9 Å². The van der Waals surface area contributed by atoms with Gasteiger partial charge in [0.15, 0.2) is 5.75 Å². The first-order valence-electron chi connectivity index (χ1n) is 6.46. The Labute approximate surface area is 124 Å². The van der Waals surface area contributed by atoms with Gasteiger partial charge in [-0.15, -0.1) is 0 Å². The van der Waals surface area contributed by atoms with Crippen LogP contribution in [0.2, 0.25) is 0 Å². The SMILES string of the molecule is COc1ccc(-c2cc3ccccc3oc2=O)cc1[N+](=O)[O-]. The Balaban J connectivity index is 2.23. The minimum absolute atomic E-state index is 0.138. The van der Waals surface area contributed by atoms with E-state index in [0.29, 0.717) is 11.1 Å². The molecule has 6 nitrogen and oxygen atoms in total. The zero-order valence-corrected chi connectivity index (χ0v) is 11.6. The second-order valence-electron chi connectivity index (χ2n) is 4.63. The van der Waals surface area contributed by atoms with E-state index in [1.54, 1.807) is 30.3 Å². The first kappa shape index (κ1) is 13.8. The Bertz CT molecular complexity index is 929. The molecule has 3 aromatic rings. The van der Waals surface area contributed by atoms with Gasteiger partial charge < -0.3 is 9.15 Å². The van der Waals surface area contributed by atoms with Crippen LogP contribution in [0.25, 0.3) is 22.1 Å². The Morgan fingerprint density at radius 2 is 1.91 bits per heavy atom. The first-order chi connectivity index (χ1) is 10.6. The second-order valence-corrected chi connectivity index (χ2v) is 4.63. The number of benzene rings is 2. The van der Waals surface area contributed by atoms with Crippen LogP contribution < -0.4 is 10.4 Å². The average Bonchev–Trinajstić information content (AvgIpc) is 2.53. The summed E-state index contributed by atoms with van der Waals surface area (Å²) in [7, 11) is 1.35. The molecule has 1 heterocycles. The highest BCUT2D eigenvalue weighted by molar-refractivity contribution is 5.82. The summed E-state index contributed by atoms with van der Waals surface area (Å²) in [5.41, 5.74) is 0.404. The maximum atomic E-state index is 12.1. The van der Waals surface area contributed by atoms with Gasteiger partial charge in [0.2, 0.25) is 0 Å². The van der Waals surface area contributed by atoms with Gasteiger partial charge in [-0.25, -0.2) is 4.79 Å². The molecule has 6 heteroatoms. The average molecular weight is 297 g/mol. The van der Waals surface area contributed by atoms with Gasteiger partial charge in [-0.05, 0) is 29.8 Å². The highest BCUT2D eigenvalue weighted by Crippen LogP contribution is 2.31. The molecule has 0 fully saturated rings. The van der Waals surface area contributed by atoms with E-state index < -0.39 is 10.5 Å². The molecule has 0 aliphatic carbocycles. The molecular weight excluding hydrogens is 286 g/mol. The Hall–Kier alpha value is -3.15. The summed E-state index contributed by atoms with van der Waals surface area (Å²) >= 11 is 0. The standard InChI is InChI=1S/C16H11NO5/c1-21-15-7-6-10(9-13(15)17(19)20)12-8-11-4-2-3-5-14(11)22-16(12)18/h2-9H,1H3. The largest absolute Gasteiger partial charge is 0.490 e. The van der Waals surface area contributed by atoms with Crippen molar-refractivity contribution in [2.24, 2.45) is 0 Å². The van der Waals surface area contributed by atoms with Crippen LogP contribution in [0.3, 0.4) is 0 Å². The van der Waals surface area contributed by atoms with Crippen LogP contribution in [0.4, 0.5) is 5.69 Å². The fourth-order valence-electron chi connectivity index (χ4n) is 2.26. The lowest BCUT2D eigenvalue weighted by Crippen LogP contribution is -2.03. The van der Waals surface area contributed by atoms with Crippen LogP contribution in [-0.2, 0) is 0 Å². The summed E-state index contributed by atoms with van der Waals surface area (Å²) in [5.74, 6) is 0.138. The van der Waals surface area contributed by atoms with Gasteiger partial charge in [0.25, 0.3) is 0 Å². The number of para-hydroxylation sites is 1. The minimum atomic E-state index is -0.551. The quantitative estimate of drug-likeness (QED) is 0.420. The summed E-state index contributed by atoms with van der Waals surface area (Å²) < 4.78 is 10.2. The fraction of sp³-hybridized carbons (Fsp3) is 0.0625. The molecule has 0 amide bonds. The summed E-state index contributed by atoms with van der Waals surface area (Å²) in [6.07, 6.45) is 0. The molecule has 110 valence electrons. The molecule has 0 saturated carbocycles. The molecule has 0 atom stereocenters. The van der Waals surface area contributed by atoms with E-state index in [-0.39, 0.29) is 17.0 Å². The number of hydrogen-bond donors (Lipinski definition) is 0. The van der Waals surface area contributed by atoms with Gasteiger partial charge >= 0.3 is 11.3 Å². The predicted octanol–water partition coefficient (Wildman–Crippen LogP) is 3.38. The zero-order valence-electron chi connectivity index (χ0n) is 11.6. The number of rotatable bonds is 3. The van der Waals surface area contributed by atoms with Gasteiger partial charge in [-0.1, -0.05) is 18.2 Å². The molecular formula is C16H11NO5. The fourth-order valence-corrected chi connectivity index (χ4v) is 2.26. The second kappa shape index (κ2) is 5.33. The van der Waals surface area contributed by atoms with Crippen LogP contribution in [-0.4, -0.2) is 12.0 Å². The van der Waals surface area contributed by atoms with Crippen LogP contribution in [0.5, 0.6) is 5.75 Å². The monoisotopic (exact) mass is 297 g/mol. The van der Waals surface area contributed by atoms with Crippen molar-refractivity contribution in [2.45, 2.75) is 0 Å². The molecule has 0 aliphatic rings. The minimum Gasteiger partial charge on any atom is -0.490 e. The van der Waals surface area contributed by atoms with Gasteiger partial charge in [-0.2, -0.15) is 0 Å². The molecule has 0 unspecified atom stereocenters. The lowest BCUT2D eigenvalue weighted by Gasteiger charge is -2.05. The molecule has 22 heavy (non-hydrogen) atoms. The van der Waals surface area contributed by atoms with Crippen molar-refractivity contribution in [3.8, 4) is 16.9 Å². The summed E-state index contributed by atoms with van der Waals surface area (Å²) in [4.78, 5) is 22.6. The van der Waals surface area contributed by atoms with E-state index in [0.717, 1.165) is 5.39 Å². The summed E-state index contributed by atoms with van der Waals surface area (Å²) in [6, 6.07) is 13.1. The zero-order chi connectivity index (χ0) is 15.7. The number of fused-ring (bicyclic) bond motifs is 1. The molecule has 0 N–H and O–H groups in total. The van der Waals surface area contributed by atoms with Crippen LogP contribution >= 0.6 is 0 Å². The van der Waals surface area contributed by atoms with Crippen molar-refractivity contribution in [1.82, 2.24) is 0 Å². The molecule has 0 spiro atoms. The summed E-state index contributed by atoms with van der Waals surface area (Å²) in [6.45, 7) is 0. The Morgan fingerprint density at radius 3 is 2.64 bits per heavy atom. The van der Waals surface area contributed by atoms with Crippen LogP contribution in [0.15, 0.2) is 57.7 Å². The third kappa shape index (κ3) is 2.31. The van der Waals surface area contributed by atoms with Crippen molar-refractivity contribution in [2.75, 3.05) is 7.11 Å². The first-order valence-corrected chi connectivity index (χ1v) is 6.46. The summed E-state index contributed by atoms with van der Waals surface area (Å²) in [5, 5.41) is 11.8. The number of hydrogen-bond acceptors (Lipinski definition) is 5. The maximum Gasteiger partial charge on any atom is 0.344 e. The molecule has 0 bridgehead atoms. The number of methoxy groups -OCH3 is 1. The topological polar surface area (TPSA) is 82.6 Å².